The summed E-state index contributed by atoms with van der Waals surface area (Å²) in [6.45, 7) is 0.143. The summed E-state index contributed by atoms with van der Waals surface area (Å²) in [5, 5.41) is 18.7. The topological polar surface area (TPSA) is 117 Å². The van der Waals surface area contributed by atoms with E-state index >= 15 is 0 Å². The molecule has 4 heterocycles. The van der Waals surface area contributed by atoms with Gasteiger partial charge in [0.25, 0.3) is 6.43 Å². The smallest absolute Gasteiger partial charge is 0.414 e. The van der Waals surface area contributed by atoms with Crippen LogP contribution in [0.1, 0.15) is 12.1 Å². The van der Waals surface area contributed by atoms with Gasteiger partial charge >= 0.3 is 6.09 Å². The predicted octanol–water partition coefficient (Wildman–Crippen LogP) is 2.63. The zero-order valence-corrected chi connectivity index (χ0v) is 17.6. The summed E-state index contributed by atoms with van der Waals surface area (Å²) in [6, 6.07) is 7.69. The van der Waals surface area contributed by atoms with Gasteiger partial charge in [0, 0.05) is 17.3 Å². The molecule has 11 nitrogen and oxygen atoms in total. The number of carbonyl (C=O) groups is 1. The van der Waals surface area contributed by atoms with Crippen molar-refractivity contribution in [2.75, 3.05) is 11.4 Å². The van der Waals surface area contributed by atoms with Crippen LogP contribution in [0.4, 0.5) is 23.7 Å². The number of hydrogen-bond acceptors (Lipinski definition) is 8. The standard InChI is InChI=1S/C20H16F3N9O2/c1-30-27-19(26-28-30)16-5-2-11(7-24-16)14-4-3-12(6-15(14)21)32-9-13(34-20(32)33)8-31-10-17(18(22)23)25-29-31/h2-7,10,13,18H,8-9H2,1H3/t13-/m0/s1. The SMILES string of the molecule is Cn1nnc(-c2ccc(-c3ccc(N4C[C@H](Cn5cc(C(F)F)nn5)OC4=O)cc3F)cn2)n1. The number of pyridine rings is 1. The lowest BCUT2D eigenvalue weighted by Crippen LogP contribution is -2.26. The van der Waals surface area contributed by atoms with E-state index in [-0.39, 0.29) is 13.1 Å². The first kappa shape index (κ1) is 21.5. The molecule has 0 N–H and O–H groups in total. The number of alkyl halides is 2. The van der Waals surface area contributed by atoms with Gasteiger partial charge in [-0.2, -0.15) is 4.80 Å². The quantitative estimate of drug-likeness (QED) is 0.421. The van der Waals surface area contributed by atoms with Gasteiger partial charge in [0.05, 0.1) is 32.0 Å². The van der Waals surface area contributed by atoms with Crippen LogP contribution < -0.4 is 4.90 Å². The van der Waals surface area contributed by atoms with E-state index in [1.165, 1.54) is 32.7 Å². The lowest BCUT2D eigenvalue weighted by molar-refractivity contribution is 0.129. The lowest BCUT2D eigenvalue weighted by atomic mass is 10.1. The van der Waals surface area contributed by atoms with Crippen LogP contribution in [0.5, 0.6) is 0 Å². The molecule has 1 saturated heterocycles. The maximum atomic E-state index is 14.9. The number of aromatic nitrogens is 8. The molecule has 4 aromatic rings. The van der Waals surface area contributed by atoms with Crippen molar-refractivity contribution in [2.45, 2.75) is 19.1 Å². The Hall–Kier alpha value is -4.36. The highest BCUT2D eigenvalue weighted by Gasteiger charge is 2.33. The van der Waals surface area contributed by atoms with Gasteiger partial charge < -0.3 is 4.74 Å². The summed E-state index contributed by atoms with van der Waals surface area (Å²) in [5.74, 6) is -0.206. The summed E-state index contributed by atoms with van der Waals surface area (Å²) in [5.41, 5.74) is 1.15. The Morgan fingerprint density at radius 1 is 1.18 bits per heavy atom. The van der Waals surface area contributed by atoms with Gasteiger partial charge in [0.1, 0.15) is 23.3 Å². The molecule has 0 spiro atoms. The molecule has 1 aliphatic rings. The van der Waals surface area contributed by atoms with E-state index in [4.69, 9.17) is 4.74 Å². The first-order valence-electron chi connectivity index (χ1n) is 10.0. The van der Waals surface area contributed by atoms with Crippen LogP contribution in [0, 0.1) is 5.82 Å². The molecule has 0 bridgehead atoms. The molecule has 3 aromatic heterocycles. The van der Waals surface area contributed by atoms with Crippen LogP contribution in [0.3, 0.4) is 0 Å². The molecule has 1 amide bonds. The number of halogens is 3. The number of tetrazole rings is 1. The van der Waals surface area contributed by atoms with Crippen molar-refractivity contribution in [1.29, 1.82) is 0 Å². The second-order valence-corrected chi connectivity index (χ2v) is 7.48. The highest BCUT2D eigenvalue weighted by Crippen LogP contribution is 2.29. The van der Waals surface area contributed by atoms with E-state index in [0.29, 0.717) is 28.3 Å². The van der Waals surface area contributed by atoms with Crippen LogP contribution in [0.2, 0.25) is 0 Å². The molecule has 1 aliphatic heterocycles. The molecule has 14 heteroatoms. The molecule has 0 unspecified atom stereocenters. The molecular weight excluding hydrogens is 455 g/mol. The number of hydrogen-bond donors (Lipinski definition) is 0. The minimum atomic E-state index is -2.74. The zero-order chi connectivity index (χ0) is 23.8. The second kappa shape index (κ2) is 8.53. The molecule has 1 fully saturated rings. The number of nitrogens with zero attached hydrogens (tertiary/aromatic N) is 9. The summed E-state index contributed by atoms with van der Waals surface area (Å²) < 4.78 is 46.7. The summed E-state index contributed by atoms with van der Waals surface area (Å²) >= 11 is 0. The number of carbonyl (C=O) groups excluding carboxylic acids is 1. The first-order chi connectivity index (χ1) is 16.4. The molecule has 1 atom stereocenters. The van der Waals surface area contributed by atoms with Crippen LogP contribution in [-0.2, 0) is 18.3 Å². The normalized spacial score (nSPS) is 15.9. The second-order valence-electron chi connectivity index (χ2n) is 7.48. The number of benzene rings is 1. The van der Waals surface area contributed by atoms with Gasteiger partial charge in [-0.3, -0.25) is 9.88 Å². The average Bonchev–Trinajstić information content (AvgIpc) is 3.54. The number of rotatable bonds is 6. The van der Waals surface area contributed by atoms with Gasteiger partial charge in [-0.15, -0.1) is 15.3 Å². The van der Waals surface area contributed by atoms with Crippen molar-refractivity contribution in [3.63, 3.8) is 0 Å². The van der Waals surface area contributed by atoms with Crippen molar-refractivity contribution in [2.24, 2.45) is 7.05 Å². The summed E-state index contributed by atoms with van der Waals surface area (Å²) in [6.07, 6.45) is -1.49. The van der Waals surface area contributed by atoms with E-state index in [0.717, 1.165) is 6.20 Å². The number of ether oxygens (including phenoxy) is 1. The first-order valence-corrected chi connectivity index (χ1v) is 10.0. The van der Waals surface area contributed by atoms with E-state index in [1.54, 1.807) is 25.2 Å². The van der Waals surface area contributed by atoms with Crippen molar-refractivity contribution in [3.8, 4) is 22.6 Å². The van der Waals surface area contributed by atoms with Gasteiger partial charge in [-0.05, 0) is 29.5 Å². The molecule has 5 rings (SSSR count). The van der Waals surface area contributed by atoms with Crippen molar-refractivity contribution < 1.29 is 22.7 Å². The number of anilines is 1. The predicted molar refractivity (Wildman–Crippen MR) is 110 cm³/mol. The molecule has 174 valence electrons. The Labute approximate surface area is 189 Å². The van der Waals surface area contributed by atoms with E-state index in [9.17, 15) is 18.0 Å². The Kier molecular flexibility index (Phi) is 5.39. The highest BCUT2D eigenvalue weighted by molar-refractivity contribution is 5.90. The van der Waals surface area contributed by atoms with Gasteiger partial charge in [-0.1, -0.05) is 11.3 Å². The fourth-order valence-electron chi connectivity index (χ4n) is 3.52. The highest BCUT2D eigenvalue weighted by atomic mass is 19.3. The number of amides is 1. The molecule has 0 saturated carbocycles. The van der Waals surface area contributed by atoms with Crippen LogP contribution in [-0.4, -0.2) is 58.9 Å². The van der Waals surface area contributed by atoms with Crippen LogP contribution in [0.15, 0.2) is 42.7 Å². The number of cyclic esters (lactones) is 1. The van der Waals surface area contributed by atoms with Gasteiger partial charge in [-0.25, -0.2) is 22.6 Å². The Bertz CT molecular complexity index is 1340. The van der Waals surface area contributed by atoms with Gasteiger partial charge in [0.2, 0.25) is 5.82 Å². The monoisotopic (exact) mass is 471 g/mol. The Balaban J connectivity index is 1.29. The maximum Gasteiger partial charge on any atom is 0.414 e. The molecule has 0 radical (unpaired) electrons. The van der Waals surface area contributed by atoms with Crippen LogP contribution >= 0.6 is 0 Å². The fourth-order valence-corrected chi connectivity index (χ4v) is 3.52. The third-order valence-electron chi connectivity index (χ3n) is 5.12. The molecule has 34 heavy (non-hydrogen) atoms. The van der Waals surface area contributed by atoms with Crippen molar-refractivity contribution >= 4 is 11.8 Å². The Morgan fingerprint density at radius 3 is 2.68 bits per heavy atom. The van der Waals surface area contributed by atoms with E-state index in [2.05, 4.69) is 30.7 Å². The minimum absolute atomic E-state index is 0.0428. The molecular formula is C20H16F3N9O2. The van der Waals surface area contributed by atoms with E-state index < -0.39 is 30.1 Å². The maximum absolute atomic E-state index is 14.9. The van der Waals surface area contributed by atoms with Gasteiger partial charge in [0.15, 0.2) is 0 Å². The largest absolute Gasteiger partial charge is 0.442 e. The summed E-state index contributed by atoms with van der Waals surface area (Å²) in [4.78, 5) is 19.2. The fraction of sp³-hybridized carbons (Fsp3) is 0.250. The third-order valence-corrected chi connectivity index (χ3v) is 5.12. The Morgan fingerprint density at radius 2 is 2.03 bits per heavy atom. The van der Waals surface area contributed by atoms with Crippen LogP contribution in [0.25, 0.3) is 22.6 Å². The summed E-state index contributed by atoms with van der Waals surface area (Å²) in [7, 11) is 1.64. The zero-order valence-electron chi connectivity index (χ0n) is 17.6. The molecule has 0 aliphatic carbocycles. The molecule has 1 aromatic carbocycles. The van der Waals surface area contributed by atoms with Crippen molar-refractivity contribution in [1.82, 2.24) is 40.2 Å². The lowest BCUT2D eigenvalue weighted by Gasteiger charge is -2.14. The third kappa shape index (κ3) is 4.16. The number of aryl methyl sites for hydroxylation is 1. The average molecular weight is 471 g/mol. The van der Waals surface area contributed by atoms with E-state index in [1.807, 2.05) is 0 Å². The van der Waals surface area contributed by atoms with Crippen molar-refractivity contribution in [3.05, 3.63) is 54.2 Å². The minimum Gasteiger partial charge on any atom is -0.442 e.